The van der Waals surface area contributed by atoms with Crippen molar-refractivity contribution in [1.29, 1.82) is 0 Å². The van der Waals surface area contributed by atoms with E-state index in [2.05, 4.69) is 5.32 Å². The molecule has 98 valence electrons. The van der Waals surface area contributed by atoms with Gasteiger partial charge in [-0.05, 0) is 43.4 Å². The molecule has 1 fully saturated rings. The zero-order chi connectivity index (χ0) is 13.0. The van der Waals surface area contributed by atoms with E-state index in [0.717, 1.165) is 11.3 Å². The van der Waals surface area contributed by atoms with E-state index in [-0.39, 0.29) is 5.91 Å². The van der Waals surface area contributed by atoms with Crippen LogP contribution in [-0.4, -0.2) is 11.0 Å². The first-order chi connectivity index (χ1) is 8.65. The van der Waals surface area contributed by atoms with Crippen LogP contribution >= 0.6 is 0 Å². The minimum Gasteiger partial charge on any atom is -0.389 e. The summed E-state index contributed by atoms with van der Waals surface area (Å²) in [6, 6.07) is 7.40. The highest BCUT2D eigenvalue weighted by Crippen LogP contribution is 2.28. The smallest absolute Gasteiger partial charge is 0.224 e. The molecule has 1 aromatic carbocycles. The normalized spacial score (nSPS) is 17.7. The fourth-order valence-electron chi connectivity index (χ4n) is 2.56. The van der Waals surface area contributed by atoms with Gasteiger partial charge in [0.15, 0.2) is 0 Å². The second-order valence-electron chi connectivity index (χ2n) is 5.20. The van der Waals surface area contributed by atoms with Gasteiger partial charge in [0, 0.05) is 12.1 Å². The predicted octanol–water partition coefficient (Wildman–Crippen LogP) is 3.26. The number of rotatable bonds is 4. The molecule has 1 amide bonds. The fourth-order valence-corrected chi connectivity index (χ4v) is 2.56. The lowest BCUT2D eigenvalue weighted by molar-refractivity contribution is -0.117. The average Bonchev–Trinajstić information content (AvgIpc) is 2.82. The number of benzene rings is 1. The first-order valence-corrected chi connectivity index (χ1v) is 6.73. The van der Waals surface area contributed by atoms with Gasteiger partial charge in [-0.2, -0.15) is 0 Å². The molecule has 1 aromatic rings. The van der Waals surface area contributed by atoms with Crippen LogP contribution in [0.4, 0.5) is 5.69 Å². The van der Waals surface area contributed by atoms with Crippen LogP contribution in [0.25, 0.3) is 0 Å². The third-order valence-electron chi connectivity index (χ3n) is 3.60. The number of carbonyl (C=O) groups excluding carboxylic acids is 1. The Kier molecular flexibility index (Phi) is 4.37. The molecule has 0 aliphatic heterocycles. The van der Waals surface area contributed by atoms with Crippen LogP contribution in [0.15, 0.2) is 24.3 Å². The highest BCUT2D eigenvalue weighted by Gasteiger charge is 2.18. The lowest BCUT2D eigenvalue weighted by atomic mass is 10.0. The molecule has 18 heavy (non-hydrogen) atoms. The highest BCUT2D eigenvalue weighted by molar-refractivity contribution is 5.90. The second-order valence-corrected chi connectivity index (χ2v) is 5.20. The number of amides is 1. The number of nitrogens with one attached hydrogen (secondary N) is 1. The highest BCUT2D eigenvalue weighted by atomic mass is 16.3. The van der Waals surface area contributed by atoms with Crippen LogP contribution in [0, 0.1) is 5.92 Å². The van der Waals surface area contributed by atoms with Crippen molar-refractivity contribution in [3.05, 3.63) is 29.8 Å². The van der Waals surface area contributed by atoms with Crippen LogP contribution in [-0.2, 0) is 4.79 Å². The minimum atomic E-state index is -0.503. The van der Waals surface area contributed by atoms with Crippen LogP contribution in [0.1, 0.15) is 50.7 Å². The van der Waals surface area contributed by atoms with Crippen molar-refractivity contribution in [1.82, 2.24) is 0 Å². The Labute approximate surface area is 108 Å². The van der Waals surface area contributed by atoms with E-state index in [1.807, 2.05) is 24.3 Å². The van der Waals surface area contributed by atoms with Gasteiger partial charge in [0.1, 0.15) is 0 Å². The Morgan fingerprint density at radius 3 is 2.83 bits per heavy atom. The number of hydrogen-bond acceptors (Lipinski definition) is 2. The molecule has 0 aromatic heterocycles. The molecule has 0 spiro atoms. The number of anilines is 1. The first kappa shape index (κ1) is 13.1. The Bertz CT molecular complexity index is 409. The van der Waals surface area contributed by atoms with E-state index in [0.29, 0.717) is 12.3 Å². The van der Waals surface area contributed by atoms with E-state index in [4.69, 9.17) is 0 Å². The minimum absolute atomic E-state index is 0.0876. The number of aliphatic hydroxyl groups is 1. The van der Waals surface area contributed by atoms with Crippen molar-refractivity contribution in [2.24, 2.45) is 5.92 Å². The standard InChI is InChI=1S/C15H21NO2/c1-11(17)13-7-4-8-14(10-13)16-15(18)9-12-5-2-3-6-12/h4,7-8,10-12,17H,2-3,5-6,9H2,1H3,(H,16,18)/t11-/m1/s1. The zero-order valence-electron chi connectivity index (χ0n) is 10.9. The number of hydrogen-bond donors (Lipinski definition) is 2. The molecule has 0 heterocycles. The molecule has 0 unspecified atom stereocenters. The van der Waals surface area contributed by atoms with E-state index >= 15 is 0 Å². The monoisotopic (exact) mass is 247 g/mol. The molecule has 1 atom stereocenters. The van der Waals surface area contributed by atoms with Gasteiger partial charge in [-0.3, -0.25) is 4.79 Å². The summed E-state index contributed by atoms with van der Waals surface area (Å²) >= 11 is 0. The maximum atomic E-state index is 11.9. The third-order valence-corrected chi connectivity index (χ3v) is 3.60. The molecule has 3 nitrogen and oxygen atoms in total. The number of aliphatic hydroxyl groups excluding tert-OH is 1. The summed E-state index contributed by atoms with van der Waals surface area (Å²) in [5.74, 6) is 0.648. The van der Waals surface area contributed by atoms with Gasteiger partial charge in [-0.15, -0.1) is 0 Å². The first-order valence-electron chi connectivity index (χ1n) is 6.73. The predicted molar refractivity (Wildman–Crippen MR) is 72.3 cm³/mol. The lowest BCUT2D eigenvalue weighted by Crippen LogP contribution is -2.15. The molecule has 1 aliphatic rings. The van der Waals surface area contributed by atoms with Crippen molar-refractivity contribution < 1.29 is 9.90 Å². The van der Waals surface area contributed by atoms with Gasteiger partial charge in [-0.1, -0.05) is 25.0 Å². The molecular weight excluding hydrogens is 226 g/mol. The van der Waals surface area contributed by atoms with Gasteiger partial charge in [-0.25, -0.2) is 0 Å². The quantitative estimate of drug-likeness (QED) is 0.858. The number of carbonyl (C=O) groups is 1. The van der Waals surface area contributed by atoms with E-state index < -0.39 is 6.10 Å². The SMILES string of the molecule is C[C@@H](O)c1cccc(NC(=O)CC2CCCC2)c1. The topological polar surface area (TPSA) is 49.3 Å². The maximum Gasteiger partial charge on any atom is 0.224 e. The van der Waals surface area contributed by atoms with Gasteiger partial charge in [0.25, 0.3) is 0 Å². The van der Waals surface area contributed by atoms with E-state index in [1.165, 1.54) is 25.7 Å². The molecule has 1 saturated carbocycles. The van der Waals surface area contributed by atoms with Gasteiger partial charge < -0.3 is 10.4 Å². The fraction of sp³-hybridized carbons (Fsp3) is 0.533. The lowest BCUT2D eigenvalue weighted by Gasteiger charge is -2.11. The molecule has 0 radical (unpaired) electrons. The van der Waals surface area contributed by atoms with Crippen LogP contribution in [0.3, 0.4) is 0 Å². The molecule has 2 N–H and O–H groups in total. The summed E-state index contributed by atoms with van der Waals surface area (Å²) in [6.45, 7) is 1.72. The summed E-state index contributed by atoms with van der Waals surface area (Å²) in [7, 11) is 0. The molecule has 1 aliphatic carbocycles. The Balaban J connectivity index is 1.91. The largest absolute Gasteiger partial charge is 0.389 e. The summed E-state index contributed by atoms with van der Waals surface area (Å²) < 4.78 is 0. The van der Waals surface area contributed by atoms with Crippen molar-refractivity contribution in [3.63, 3.8) is 0 Å². The average molecular weight is 247 g/mol. The van der Waals surface area contributed by atoms with Gasteiger partial charge in [0.2, 0.25) is 5.91 Å². The maximum absolute atomic E-state index is 11.9. The Morgan fingerprint density at radius 1 is 1.44 bits per heavy atom. The molecular formula is C15H21NO2. The third kappa shape index (κ3) is 3.57. The summed E-state index contributed by atoms with van der Waals surface area (Å²) in [5.41, 5.74) is 1.60. The summed E-state index contributed by atoms with van der Waals surface area (Å²) in [6.07, 6.45) is 5.00. The molecule has 0 bridgehead atoms. The van der Waals surface area contributed by atoms with Gasteiger partial charge >= 0.3 is 0 Å². The Hall–Kier alpha value is -1.35. The van der Waals surface area contributed by atoms with Crippen molar-refractivity contribution >= 4 is 11.6 Å². The van der Waals surface area contributed by atoms with E-state index in [9.17, 15) is 9.90 Å². The van der Waals surface area contributed by atoms with Crippen molar-refractivity contribution in [2.45, 2.75) is 45.1 Å². The summed E-state index contributed by atoms with van der Waals surface area (Å²) in [4.78, 5) is 11.9. The summed E-state index contributed by atoms with van der Waals surface area (Å²) in [5, 5.41) is 12.4. The second kappa shape index (κ2) is 6.01. The van der Waals surface area contributed by atoms with E-state index in [1.54, 1.807) is 6.92 Å². The van der Waals surface area contributed by atoms with Gasteiger partial charge in [0.05, 0.1) is 6.10 Å². The van der Waals surface area contributed by atoms with Crippen LogP contribution < -0.4 is 5.32 Å². The van der Waals surface area contributed by atoms with Crippen molar-refractivity contribution in [3.8, 4) is 0 Å². The molecule has 2 rings (SSSR count). The molecule has 3 heteroatoms. The Morgan fingerprint density at radius 2 is 2.17 bits per heavy atom. The zero-order valence-corrected chi connectivity index (χ0v) is 10.9. The van der Waals surface area contributed by atoms with Crippen molar-refractivity contribution in [2.75, 3.05) is 5.32 Å². The van der Waals surface area contributed by atoms with Crippen LogP contribution in [0.5, 0.6) is 0 Å². The molecule has 0 saturated heterocycles. The van der Waals surface area contributed by atoms with Crippen LogP contribution in [0.2, 0.25) is 0 Å².